The first kappa shape index (κ1) is 11.5. The molecule has 3 aromatic rings. The van der Waals surface area contributed by atoms with E-state index in [1.54, 1.807) is 18.3 Å². The number of rotatable bonds is 2. The third-order valence-corrected chi connectivity index (χ3v) is 2.95. The molecule has 3 rings (SSSR count). The van der Waals surface area contributed by atoms with E-state index in [0.717, 1.165) is 16.6 Å². The zero-order valence-corrected chi connectivity index (χ0v) is 10.1. The maximum atomic E-state index is 13.4. The average Bonchev–Trinajstić information content (AvgIpc) is 2.44. The lowest BCUT2D eigenvalue weighted by Crippen LogP contribution is -1.99. The predicted octanol–water partition coefficient (Wildman–Crippen LogP) is 3.70. The number of benzene rings is 2. The Labute approximate surface area is 109 Å². The molecule has 19 heavy (non-hydrogen) atoms. The van der Waals surface area contributed by atoms with E-state index in [9.17, 15) is 4.39 Å². The average molecular weight is 253 g/mol. The lowest BCUT2D eigenvalue weighted by molar-refractivity contribution is 0.633. The van der Waals surface area contributed by atoms with E-state index in [0.29, 0.717) is 5.69 Å². The summed E-state index contributed by atoms with van der Waals surface area (Å²) in [6.07, 6.45) is 1.72. The van der Waals surface area contributed by atoms with Crippen LogP contribution in [0, 0.1) is 5.82 Å². The van der Waals surface area contributed by atoms with Crippen molar-refractivity contribution in [2.75, 3.05) is 11.1 Å². The number of pyridine rings is 1. The highest BCUT2D eigenvalue weighted by Crippen LogP contribution is 2.28. The van der Waals surface area contributed by atoms with Gasteiger partial charge in [0.2, 0.25) is 0 Å². The highest BCUT2D eigenvalue weighted by atomic mass is 19.1. The number of hydrogen-bond donors (Lipinski definition) is 2. The Kier molecular flexibility index (Phi) is 2.76. The first-order valence-corrected chi connectivity index (χ1v) is 5.90. The van der Waals surface area contributed by atoms with Crippen molar-refractivity contribution in [3.8, 4) is 0 Å². The van der Waals surface area contributed by atoms with Crippen molar-refractivity contribution in [2.24, 2.45) is 0 Å². The molecule has 0 aliphatic carbocycles. The minimum Gasteiger partial charge on any atom is -0.395 e. The minimum absolute atomic E-state index is 0.107. The molecule has 0 aliphatic rings. The van der Waals surface area contributed by atoms with Crippen LogP contribution in [0.5, 0.6) is 0 Å². The number of aromatic nitrogens is 1. The van der Waals surface area contributed by atoms with E-state index in [-0.39, 0.29) is 5.69 Å². The molecule has 2 aromatic carbocycles. The number of nitrogens with one attached hydrogen (secondary N) is 1. The van der Waals surface area contributed by atoms with Crippen LogP contribution in [0.4, 0.5) is 21.5 Å². The monoisotopic (exact) mass is 253 g/mol. The predicted molar refractivity (Wildman–Crippen MR) is 75.8 cm³/mol. The fraction of sp³-hybridized carbons (Fsp3) is 0. The van der Waals surface area contributed by atoms with Crippen LogP contribution >= 0.6 is 0 Å². The molecule has 0 saturated heterocycles. The summed E-state index contributed by atoms with van der Waals surface area (Å²) in [4.78, 5) is 4.33. The summed E-state index contributed by atoms with van der Waals surface area (Å²) in [5, 5.41) is 4.14. The first-order chi connectivity index (χ1) is 9.25. The standard InChI is InChI=1S/C15H12FN3/c16-11-6-2-7-12(14(11)17)19-13-8-1-4-10-5-3-9-18-15(10)13/h1-9,19H,17H2. The van der Waals surface area contributed by atoms with Gasteiger partial charge in [-0.2, -0.15) is 0 Å². The van der Waals surface area contributed by atoms with Gasteiger partial charge in [0.1, 0.15) is 5.82 Å². The van der Waals surface area contributed by atoms with Crippen molar-refractivity contribution in [2.45, 2.75) is 0 Å². The Bertz CT molecular complexity index is 735. The molecular weight excluding hydrogens is 241 g/mol. The second kappa shape index (κ2) is 4.57. The summed E-state index contributed by atoms with van der Waals surface area (Å²) in [5.74, 6) is -0.432. The van der Waals surface area contributed by atoms with Gasteiger partial charge in [-0.1, -0.05) is 24.3 Å². The highest BCUT2D eigenvalue weighted by Gasteiger charge is 2.07. The molecule has 0 bridgehead atoms. The fourth-order valence-corrected chi connectivity index (χ4v) is 2.00. The Balaban J connectivity index is 2.09. The van der Waals surface area contributed by atoms with Crippen LogP contribution in [0.1, 0.15) is 0 Å². The Morgan fingerprint density at radius 3 is 2.58 bits per heavy atom. The Morgan fingerprint density at radius 1 is 0.947 bits per heavy atom. The number of anilines is 3. The van der Waals surface area contributed by atoms with E-state index in [2.05, 4.69) is 10.3 Å². The third kappa shape index (κ3) is 2.08. The maximum absolute atomic E-state index is 13.4. The van der Waals surface area contributed by atoms with Crippen LogP contribution in [-0.4, -0.2) is 4.98 Å². The molecule has 0 amide bonds. The number of para-hydroxylation sites is 2. The molecule has 0 fully saturated rings. The Hall–Kier alpha value is -2.62. The quantitative estimate of drug-likeness (QED) is 0.685. The molecule has 1 aromatic heterocycles. The molecule has 4 heteroatoms. The van der Waals surface area contributed by atoms with Crippen molar-refractivity contribution in [1.82, 2.24) is 4.98 Å². The molecule has 3 nitrogen and oxygen atoms in total. The van der Waals surface area contributed by atoms with E-state index in [1.807, 2.05) is 30.3 Å². The second-order valence-corrected chi connectivity index (χ2v) is 4.21. The number of nitrogen functional groups attached to an aromatic ring is 1. The van der Waals surface area contributed by atoms with Gasteiger partial charge in [0.15, 0.2) is 0 Å². The maximum Gasteiger partial charge on any atom is 0.148 e. The van der Waals surface area contributed by atoms with Crippen LogP contribution in [-0.2, 0) is 0 Å². The second-order valence-electron chi connectivity index (χ2n) is 4.21. The lowest BCUT2D eigenvalue weighted by atomic mass is 10.2. The topological polar surface area (TPSA) is 50.9 Å². The summed E-state index contributed by atoms with van der Waals surface area (Å²) in [6, 6.07) is 14.3. The van der Waals surface area contributed by atoms with Crippen molar-refractivity contribution in [3.63, 3.8) is 0 Å². The van der Waals surface area contributed by atoms with Crippen molar-refractivity contribution in [3.05, 3.63) is 60.5 Å². The van der Waals surface area contributed by atoms with Gasteiger partial charge in [-0.05, 0) is 24.3 Å². The van der Waals surface area contributed by atoms with Crippen LogP contribution in [0.2, 0.25) is 0 Å². The van der Waals surface area contributed by atoms with Gasteiger partial charge >= 0.3 is 0 Å². The number of nitrogens with zero attached hydrogens (tertiary/aromatic N) is 1. The molecule has 1 heterocycles. The summed E-state index contributed by atoms with van der Waals surface area (Å²) >= 11 is 0. The van der Waals surface area contributed by atoms with Crippen molar-refractivity contribution >= 4 is 28.0 Å². The van der Waals surface area contributed by atoms with Crippen LogP contribution in [0.3, 0.4) is 0 Å². The van der Waals surface area contributed by atoms with Gasteiger partial charge < -0.3 is 11.1 Å². The molecule has 3 N–H and O–H groups in total. The SMILES string of the molecule is Nc1c(F)cccc1Nc1cccc2cccnc12. The number of fused-ring (bicyclic) bond motifs is 1. The number of hydrogen-bond acceptors (Lipinski definition) is 3. The summed E-state index contributed by atoms with van der Waals surface area (Å²) in [5.41, 5.74) is 7.99. The summed E-state index contributed by atoms with van der Waals surface area (Å²) in [7, 11) is 0. The number of nitrogens with two attached hydrogens (primary N) is 1. The zero-order valence-electron chi connectivity index (χ0n) is 10.1. The molecule has 0 unspecified atom stereocenters. The van der Waals surface area contributed by atoms with Crippen LogP contribution in [0.15, 0.2) is 54.7 Å². The molecular formula is C15H12FN3. The normalized spacial score (nSPS) is 10.6. The molecule has 0 saturated carbocycles. The van der Waals surface area contributed by atoms with Gasteiger partial charge in [-0.25, -0.2) is 4.39 Å². The van der Waals surface area contributed by atoms with Crippen molar-refractivity contribution in [1.29, 1.82) is 0 Å². The molecule has 0 atom stereocenters. The molecule has 94 valence electrons. The van der Waals surface area contributed by atoms with Gasteiger partial charge in [-0.15, -0.1) is 0 Å². The van der Waals surface area contributed by atoms with Crippen LogP contribution in [0.25, 0.3) is 10.9 Å². The summed E-state index contributed by atoms with van der Waals surface area (Å²) in [6.45, 7) is 0. The number of halogens is 1. The molecule has 0 aliphatic heterocycles. The lowest BCUT2D eigenvalue weighted by Gasteiger charge is -2.11. The minimum atomic E-state index is -0.432. The zero-order chi connectivity index (χ0) is 13.2. The van der Waals surface area contributed by atoms with Crippen LogP contribution < -0.4 is 11.1 Å². The van der Waals surface area contributed by atoms with E-state index in [4.69, 9.17) is 5.73 Å². The largest absolute Gasteiger partial charge is 0.395 e. The van der Waals surface area contributed by atoms with E-state index < -0.39 is 5.82 Å². The third-order valence-electron chi connectivity index (χ3n) is 2.95. The van der Waals surface area contributed by atoms with Gasteiger partial charge in [0, 0.05) is 11.6 Å². The fourth-order valence-electron chi connectivity index (χ4n) is 2.00. The smallest absolute Gasteiger partial charge is 0.148 e. The van der Waals surface area contributed by atoms with Gasteiger partial charge in [0.05, 0.1) is 22.6 Å². The van der Waals surface area contributed by atoms with Gasteiger partial charge in [-0.3, -0.25) is 4.98 Å². The van der Waals surface area contributed by atoms with E-state index >= 15 is 0 Å². The molecule has 0 radical (unpaired) electrons. The van der Waals surface area contributed by atoms with Gasteiger partial charge in [0.25, 0.3) is 0 Å². The van der Waals surface area contributed by atoms with E-state index in [1.165, 1.54) is 6.07 Å². The Morgan fingerprint density at radius 2 is 1.68 bits per heavy atom. The molecule has 0 spiro atoms. The van der Waals surface area contributed by atoms with Crippen molar-refractivity contribution < 1.29 is 4.39 Å². The first-order valence-electron chi connectivity index (χ1n) is 5.90. The summed E-state index contributed by atoms with van der Waals surface area (Å²) < 4.78 is 13.4. The highest BCUT2D eigenvalue weighted by molar-refractivity contribution is 5.93.